The van der Waals surface area contributed by atoms with E-state index in [0.717, 1.165) is 12.1 Å². The number of amides is 2. The van der Waals surface area contributed by atoms with E-state index in [1.54, 1.807) is 18.2 Å². The van der Waals surface area contributed by atoms with Gasteiger partial charge in [0.15, 0.2) is 0 Å². The van der Waals surface area contributed by atoms with Crippen molar-refractivity contribution in [2.75, 3.05) is 39.2 Å². The Balaban J connectivity index is 2.18. The highest BCUT2D eigenvalue weighted by molar-refractivity contribution is 5.99. The second-order valence-electron chi connectivity index (χ2n) is 6.04. The van der Waals surface area contributed by atoms with Crippen molar-refractivity contribution >= 4 is 17.5 Å². The predicted molar refractivity (Wildman–Crippen MR) is 101 cm³/mol. The number of hydrogen-bond donors (Lipinski definition) is 1. The summed E-state index contributed by atoms with van der Waals surface area (Å²) in [4.78, 5) is 26.4. The van der Waals surface area contributed by atoms with Crippen molar-refractivity contribution < 1.29 is 32.2 Å². The van der Waals surface area contributed by atoms with Crippen LogP contribution >= 0.6 is 0 Å². The third-order valence-electron chi connectivity index (χ3n) is 4.01. The molecule has 0 aliphatic carbocycles. The summed E-state index contributed by atoms with van der Waals surface area (Å²) < 4.78 is 49.4. The Kier molecular flexibility index (Phi) is 7.60. The number of methoxy groups -OCH3 is 2. The number of nitrogens with zero attached hydrogens (tertiary/aromatic N) is 1. The monoisotopic (exact) mass is 410 g/mol. The van der Waals surface area contributed by atoms with E-state index in [-0.39, 0.29) is 24.4 Å². The number of benzene rings is 2. The van der Waals surface area contributed by atoms with Crippen LogP contribution in [-0.4, -0.2) is 50.6 Å². The molecule has 0 saturated carbocycles. The molecule has 0 spiro atoms. The molecule has 2 aromatic rings. The summed E-state index contributed by atoms with van der Waals surface area (Å²) in [5.74, 6) is -0.764. The maximum atomic E-state index is 13.1. The molecule has 2 aromatic carbocycles. The highest BCUT2D eigenvalue weighted by atomic mass is 19.4. The van der Waals surface area contributed by atoms with Gasteiger partial charge in [-0.3, -0.25) is 9.59 Å². The smallest absolute Gasteiger partial charge is 0.418 e. The van der Waals surface area contributed by atoms with Gasteiger partial charge in [0.1, 0.15) is 12.3 Å². The zero-order valence-corrected chi connectivity index (χ0v) is 16.0. The van der Waals surface area contributed by atoms with Gasteiger partial charge in [-0.2, -0.15) is 13.2 Å². The largest absolute Gasteiger partial charge is 0.497 e. The van der Waals surface area contributed by atoms with Crippen LogP contribution in [0.5, 0.6) is 5.75 Å². The number of anilines is 1. The molecule has 29 heavy (non-hydrogen) atoms. The second-order valence-corrected chi connectivity index (χ2v) is 6.04. The Morgan fingerprint density at radius 3 is 2.45 bits per heavy atom. The van der Waals surface area contributed by atoms with Crippen LogP contribution in [0.3, 0.4) is 0 Å². The van der Waals surface area contributed by atoms with Gasteiger partial charge in [0.2, 0.25) is 5.91 Å². The number of hydrogen-bond acceptors (Lipinski definition) is 4. The first-order valence-electron chi connectivity index (χ1n) is 8.64. The van der Waals surface area contributed by atoms with Crippen LogP contribution in [0.1, 0.15) is 15.9 Å². The van der Waals surface area contributed by atoms with Gasteiger partial charge in [0, 0.05) is 19.2 Å². The predicted octanol–water partition coefficient (Wildman–Crippen LogP) is 3.44. The van der Waals surface area contributed by atoms with E-state index in [2.05, 4.69) is 5.32 Å². The molecule has 0 radical (unpaired) electrons. The van der Waals surface area contributed by atoms with Gasteiger partial charge >= 0.3 is 6.18 Å². The molecule has 0 saturated heterocycles. The average Bonchev–Trinajstić information content (AvgIpc) is 2.70. The molecular weight excluding hydrogens is 389 g/mol. The van der Waals surface area contributed by atoms with Crippen molar-refractivity contribution in [1.82, 2.24) is 4.90 Å². The van der Waals surface area contributed by atoms with Gasteiger partial charge in [-0.1, -0.05) is 18.2 Å². The number of carbonyl (C=O) groups excluding carboxylic acids is 2. The lowest BCUT2D eigenvalue weighted by Crippen LogP contribution is -2.40. The fourth-order valence-corrected chi connectivity index (χ4v) is 2.59. The Morgan fingerprint density at radius 1 is 1.07 bits per heavy atom. The number of ether oxygens (including phenoxy) is 2. The first-order chi connectivity index (χ1) is 13.8. The Bertz CT molecular complexity index is 856. The van der Waals surface area contributed by atoms with Crippen LogP contribution in [0.2, 0.25) is 0 Å². The van der Waals surface area contributed by atoms with Crippen LogP contribution in [-0.2, 0) is 15.7 Å². The second kappa shape index (κ2) is 9.92. The van der Waals surface area contributed by atoms with Crippen molar-refractivity contribution in [3.63, 3.8) is 0 Å². The summed E-state index contributed by atoms with van der Waals surface area (Å²) in [5.41, 5.74) is -1.05. The molecule has 0 heterocycles. The van der Waals surface area contributed by atoms with Gasteiger partial charge in [0.05, 0.1) is 25.0 Å². The zero-order chi connectivity index (χ0) is 21.4. The first-order valence-corrected chi connectivity index (χ1v) is 8.64. The first kappa shape index (κ1) is 22.2. The molecule has 2 rings (SSSR count). The summed E-state index contributed by atoms with van der Waals surface area (Å²) >= 11 is 0. The molecule has 0 aliphatic heterocycles. The van der Waals surface area contributed by atoms with Crippen molar-refractivity contribution in [3.8, 4) is 5.75 Å². The van der Waals surface area contributed by atoms with Gasteiger partial charge in [-0.15, -0.1) is 0 Å². The van der Waals surface area contributed by atoms with Crippen molar-refractivity contribution in [2.45, 2.75) is 6.18 Å². The van der Waals surface area contributed by atoms with Crippen LogP contribution < -0.4 is 10.1 Å². The maximum Gasteiger partial charge on any atom is 0.418 e. The average molecular weight is 410 g/mol. The molecule has 0 atom stereocenters. The highest BCUT2D eigenvalue weighted by Crippen LogP contribution is 2.34. The van der Waals surface area contributed by atoms with Crippen LogP contribution in [0.15, 0.2) is 48.5 Å². The number of halogens is 3. The molecule has 0 aliphatic rings. The van der Waals surface area contributed by atoms with Crippen LogP contribution in [0.25, 0.3) is 0 Å². The molecule has 6 nitrogen and oxygen atoms in total. The number of alkyl halides is 3. The molecule has 9 heteroatoms. The van der Waals surface area contributed by atoms with E-state index in [1.807, 2.05) is 0 Å². The number of rotatable bonds is 8. The van der Waals surface area contributed by atoms with Crippen molar-refractivity contribution in [1.29, 1.82) is 0 Å². The summed E-state index contributed by atoms with van der Waals surface area (Å²) in [7, 11) is 2.89. The summed E-state index contributed by atoms with van der Waals surface area (Å²) in [5, 5.41) is 2.23. The zero-order valence-electron chi connectivity index (χ0n) is 16.0. The fourth-order valence-electron chi connectivity index (χ4n) is 2.59. The topological polar surface area (TPSA) is 67.9 Å². The van der Waals surface area contributed by atoms with Gasteiger partial charge in [0.25, 0.3) is 5.91 Å². The molecule has 0 aromatic heterocycles. The molecule has 0 unspecified atom stereocenters. The number of carbonyl (C=O) groups is 2. The molecule has 0 bridgehead atoms. The minimum Gasteiger partial charge on any atom is -0.497 e. The van der Waals surface area contributed by atoms with Crippen LogP contribution in [0.4, 0.5) is 18.9 Å². The van der Waals surface area contributed by atoms with Gasteiger partial charge in [-0.25, -0.2) is 0 Å². The maximum absolute atomic E-state index is 13.1. The van der Waals surface area contributed by atoms with Crippen LogP contribution in [0, 0.1) is 0 Å². The normalized spacial score (nSPS) is 11.1. The molecule has 1 N–H and O–H groups in total. The summed E-state index contributed by atoms with van der Waals surface area (Å²) in [6.07, 6.45) is -4.62. The highest BCUT2D eigenvalue weighted by Gasteiger charge is 2.33. The molecular formula is C20H21F3N2O4. The van der Waals surface area contributed by atoms with Gasteiger partial charge in [-0.05, 0) is 30.3 Å². The molecule has 156 valence electrons. The summed E-state index contributed by atoms with van der Waals surface area (Å²) in [6.45, 7) is -0.200. The SMILES string of the molecule is COCCN(CC(=O)Nc1ccccc1C(F)(F)F)C(=O)c1cccc(OC)c1. The van der Waals surface area contributed by atoms with Gasteiger partial charge < -0.3 is 19.7 Å². The lowest BCUT2D eigenvalue weighted by molar-refractivity contribution is -0.137. The Labute approximate surface area is 166 Å². The third-order valence-corrected chi connectivity index (χ3v) is 4.01. The van der Waals surface area contributed by atoms with E-state index in [1.165, 1.54) is 37.3 Å². The standard InChI is InChI=1S/C20H21F3N2O4/c1-28-11-10-25(19(27)14-6-5-7-15(12-14)29-2)13-18(26)24-17-9-4-3-8-16(17)20(21,22)23/h3-9,12H,10-11,13H2,1-2H3,(H,24,26). The number of para-hydroxylation sites is 1. The molecule has 2 amide bonds. The molecule has 0 fully saturated rings. The van der Waals surface area contributed by atoms with Crippen molar-refractivity contribution in [2.24, 2.45) is 0 Å². The summed E-state index contributed by atoms with van der Waals surface area (Å²) in [6, 6.07) is 11.0. The van der Waals surface area contributed by atoms with E-state index < -0.39 is 30.1 Å². The van der Waals surface area contributed by atoms with E-state index in [4.69, 9.17) is 9.47 Å². The van der Waals surface area contributed by atoms with E-state index >= 15 is 0 Å². The third kappa shape index (κ3) is 6.21. The fraction of sp³-hybridized carbons (Fsp3) is 0.300. The Hall–Kier alpha value is -3.07. The van der Waals surface area contributed by atoms with Crippen molar-refractivity contribution in [3.05, 3.63) is 59.7 Å². The lowest BCUT2D eigenvalue weighted by atomic mass is 10.1. The quantitative estimate of drug-likeness (QED) is 0.724. The number of nitrogens with one attached hydrogen (secondary N) is 1. The Morgan fingerprint density at radius 2 is 1.79 bits per heavy atom. The van der Waals surface area contributed by atoms with E-state index in [0.29, 0.717) is 5.75 Å². The minimum absolute atomic E-state index is 0.0842. The minimum atomic E-state index is -4.62. The lowest BCUT2D eigenvalue weighted by Gasteiger charge is -2.22. The van der Waals surface area contributed by atoms with E-state index in [9.17, 15) is 22.8 Å².